The second-order valence-corrected chi connectivity index (χ2v) is 5.39. The van der Waals surface area contributed by atoms with Crippen LogP contribution in [-0.4, -0.2) is 42.3 Å². The Kier molecular flexibility index (Phi) is 7.56. The van der Waals surface area contributed by atoms with Gasteiger partial charge in [-0.3, -0.25) is 4.79 Å². The van der Waals surface area contributed by atoms with Crippen molar-refractivity contribution in [2.24, 2.45) is 5.73 Å². The highest BCUT2D eigenvalue weighted by molar-refractivity contribution is 5.94. The average molecular weight is 378 g/mol. The number of alkyl halides is 3. The lowest BCUT2D eigenvalue weighted by Crippen LogP contribution is -2.42. The van der Waals surface area contributed by atoms with Crippen LogP contribution in [0.25, 0.3) is 0 Å². The molecule has 0 fully saturated rings. The molecule has 144 valence electrons. The van der Waals surface area contributed by atoms with Crippen molar-refractivity contribution in [3.8, 4) is 5.75 Å². The number of ether oxygens (including phenoxy) is 1. The van der Waals surface area contributed by atoms with Crippen molar-refractivity contribution in [3.63, 3.8) is 0 Å². The lowest BCUT2D eigenvalue weighted by molar-refractivity contribution is -0.232. The van der Waals surface area contributed by atoms with E-state index in [1.807, 2.05) is 0 Å². The first-order valence-corrected chi connectivity index (χ1v) is 7.43. The molecule has 1 rings (SSSR count). The summed E-state index contributed by atoms with van der Waals surface area (Å²) in [7, 11) is 0. The summed E-state index contributed by atoms with van der Waals surface area (Å²) < 4.78 is 54.6. The van der Waals surface area contributed by atoms with E-state index in [-0.39, 0.29) is 30.0 Å². The van der Waals surface area contributed by atoms with Crippen molar-refractivity contribution in [3.05, 3.63) is 41.7 Å². The zero-order valence-corrected chi connectivity index (χ0v) is 14.0. The molecule has 0 aromatic heterocycles. The highest BCUT2D eigenvalue weighted by Crippen LogP contribution is 2.20. The van der Waals surface area contributed by atoms with E-state index in [4.69, 9.17) is 10.5 Å². The number of amides is 1. The van der Waals surface area contributed by atoms with Gasteiger partial charge in [-0.05, 0) is 38.1 Å². The van der Waals surface area contributed by atoms with Gasteiger partial charge >= 0.3 is 12.1 Å². The van der Waals surface area contributed by atoms with Gasteiger partial charge in [0.05, 0.1) is 12.4 Å². The maximum atomic E-state index is 12.4. The largest absolute Gasteiger partial charge is 0.493 e. The maximum absolute atomic E-state index is 12.4. The Labute approximate surface area is 147 Å². The second-order valence-electron chi connectivity index (χ2n) is 5.39. The van der Waals surface area contributed by atoms with Crippen LogP contribution in [0.1, 0.15) is 24.2 Å². The zero-order chi connectivity index (χ0) is 19.9. The number of hydrogen-bond acceptors (Lipinski definition) is 5. The van der Waals surface area contributed by atoms with Crippen molar-refractivity contribution in [1.29, 1.82) is 0 Å². The van der Waals surface area contributed by atoms with Crippen molar-refractivity contribution in [1.82, 2.24) is 5.06 Å². The summed E-state index contributed by atoms with van der Waals surface area (Å²) in [6, 6.07) is 4.45. The van der Waals surface area contributed by atoms with E-state index in [1.165, 1.54) is 38.1 Å². The van der Waals surface area contributed by atoms with E-state index < -0.39 is 24.1 Å². The molecule has 0 radical (unpaired) electrons. The second kappa shape index (κ2) is 9.18. The SMILES string of the molecule is CC(C)N(OC(=O)C(F)(F)F)C(=O)c1ccc(OC/C(=C/F)CN)cc1. The first-order valence-electron chi connectivity index (χ1n) is 7.43. The molecular weight excluding hydrogens is 360 g/mol. The highest BCUT2D eigenvalue weighted by Gasteiger charge is 2.43. The molecule has 10 heteroatoms. The van der Waals surface area contributed by atoms with E-state index in [9.17, 15) is 27.2 Å². The van der Waals surface area contributed by atoms with Crippen molar-refractivity contribution >= 4 is 11.9 Å². The highest BCUT2D eigenvalue weighted by atomic mass is 19.4. The molecule has 26 heavy (non-hydrogen) atoms. The average Bonchev–Trinajstić information content (AvgIpc) is 2.59. The Morgan fingerprint density at radius 3 is 2.23 bits per heavy atom. The number of nitrogens with two attached hydrogens (primary N) is 1. The summed E-state index contributed by atoms with van der Waals surface area (Å²) in [6.45, 7) is 2.65. The van der Waals surface area contributed by atoms with Gasteiger partial charge in [-0.1, -0.05) is 0 Å². The Morgan fingerprint density at radius 2 is 1.81 bits per heavy atom. The smallest absolute Gasteiger partial charge is 0.489 e. The molecule has 2 N–H and O–H groups in total. The van der Waals surface area contributed by atoms with Gasteiger partial charge in [0.1, 0.15) is 12.4 Å². The molecule has 0 bridgehead atoms. The van der Waals surface area contributed by atoms with Gasteiger partial charge < -0.3 is 15.3 Å². The molecule has 0 spiro atoms. The number of hydrogen-bond donors (Lipinski definition) is 1. The molecule has 0 saturated heterocycles. The van der Waals surface area contributed by atoms with Crippen LogP contribution in [0.15, 0.2) is 36.2 Å². The first-order chi connectivity index (χ1) is 12.1. The molecule has 0 heterocycles. The number of hydroxylamine groups is 2. The van der Waals surface area contributed by atoms with Crippen LogP contribution in [0, 0.1) is 0 Å². The van der Waals surface area contributed by atoms with E-state index in [1.54, 1.807) is 0 Å². The minimum atomic E-state index is -5.23. The minimum absolute atomic E-state index is 0.0268. The summed E-state index contributed by atoms with van der Waals surface area (Å²) >= 11 is 0. The van der Waals surface area contributed by atoms with Crippen LogP contribution in [-0.2, 0) is 9.63 Å². The summed E-state index contributed by atoms with van der Waals surface area (Å²) in [5, 5.41) is 0.337. The molecule has 6 nitrogen and oxygen atoms in total. The van der Waals surface area contributed by atoms with E-state index >= 15 is 0 Å². The van der Waals surface area contributed by atoms with E-state index in [0.29, 0.717) is 11.4 Å². The third kappa shape index (κ3) is 6.03. The molecule has 0 unspecified atom stereocenters. The van der Waals surface area contributed by atoms with Gasteiger partial charge in [0.15, 0.2) is 0 Å². The quantitative estimate of drug-likeness (QED) is 0.608. The normalized spacial score (nSPS) is 12.1. The van der Waals surface area contributed by atoms with E-state index in [0.717, 1.165) is 0 Å². The van der Waals surface area contributed by atoms with Gasteiger partial charge in [0.25, 0.3) is 5.91 Å². The number of carbonyl (C=O) groups is 2. The minimum Gasteiger partial charge on any atom is -0.489 e. The van der Waals surface area contributed by atoms with Gasteiger partial charge in [0.2, 0.25) is 0 Å². The van der Waals surface area contributed by atoms with Crippen LogP contribution in [0.2, 0.25) is 0 Å². The summed E-state index contributed by atoms with van der Waals surface area (Å²) in [5.74, 6) is -3.14. The third-order valence-electron chi connectivity index (χ3n) is 3.02. The summed E-state index contributed by atoms with van der Waals surface area (Å²) in [4.78, 5) is 27.4. The molecule has 0 atom stereocenters. The summed E-state index contributed by atoms with van der Waals surface area (Å²) in [5.41, 5.74) is 5.47. The lowest BCUT2D eigenvalue weighted by Gasteiger charge is -2.25. The number of rotatable bonds is 6. The topological polar surface area (TPSA) is 81.9 Å². The molecule has 0 aliphatic heterocycles. The van der Waals surface area contributed by atoms with Gasteiger partial charge in [-0.25, -0.2) is 9.18 Å². The van der Waals surface area contributed by atoms with Gasteiger partial charge in [0, 0.05) is 17.7 Å². The van der Waals surface area contributed by atoms with Crippen LogP contribution in [0.3, 0.4) is 0 Å². The fourth-order valence-corrected chi connectivity index (χ4v) is 1.65. The molecule has 0 aliphatic carbocycles. The van der Waals surface area contributed by atoms with Crippen LogP contribution in [0.4, 0.5) is 17.6 Å². The van der Waals surface area contributed by atoms with Gasteiger partial charge in [-0.15, -0.1) is 0 Å². The van der Waals surface area contributed by atoms with Crippen LogP contribution >= 0.6 is 0 Å². The Bertz CT molecular complexity index is 657. The monoisotopic (exact) mass is 378 g/mol. The third-order valence-corrected chi connectivity index (χ3v) is 3.02. The Hall–Kier alpha value is -2.62. The zero-order valence-electron chi connectivity index (χ0n) is 14.0. The number of nitrogens with zero attached hydrogens (tertiary/aromatic N) is 1. The number of benzene rings is 1. The van der Waals surface area contributed by atoms with Crippen molar-refractivity contribution in [2.45, 2.75) is 26.1 Å². The Morgan fingerprint density at radius 1 is 1.23 bits per heavy atom. The van der Waals surface area contributed by atoms with Crippen molar-refractivity contribution < 1.29 is 36.7 Å². The van der Waals surface area contributed by atoms with Crippen LogP contribution in [0.5, 0.6) is 5.75 Å². The van der Waals surface area contributed by atoms with Crippen molar-refractivity contribution in [2.75, 3.05) is 13.2 Å². The maximum Gasteiger partial charge on any atom is 0.493 e. The molecule has 1 amide bonds. The fraction of sp³-hybridized carbons (Fsp3) is 0.375. The standard InChI is InChI=1S/C16H18F4N2O4/c1-10(2)22(26-15(24)16(18,19)20)14(23)12-3-5-13(6-4-12)25-9-11(7-17)8-21/h3-7,10H,8-9,21H2,1-2H3/b11-7+. The van der Waals surface area contributed by atoms with Gasteiger partial charge in [-0.2, -0.15) is 18.2 Å². The first kappa shape index (κ1) is 21.4. The molecule has 0 aliphatic rings. The van der Waals surface area contributed by atoms with E-state index in [2.05, 4.69) is 4.84 Å². The fourth-order valence-electron chi connectivity index (χ4n) is 1.65. The predicted octanol–water partition coefficient (Wildman–Crippen LogP) is 2.75. The lowest BCUT2D eigenvalue weighted by atomic mass is 10.2. The molecule has 1 aromatic carbocycles. The predicted molar refractivity (Wildman–Crippen MR) is 83.6 cm³/mol. The number of halogens is 4. The molecular formula is C16H18F4N2O4. The molecule has 1 aromatic rings. The summed E-state index contributed by atoms with van der Waals surface area (Å²) in [6.07, 6.45) is -4.90. The Balaban J connectivity index is 2.85. The number of carbonyl (C=O) groups excluding carboxylic acids is 2. The molecule has 0 saturated carbocycles. The van der Waals surface area contributed by atoms with Crippen LogP contribution < -0.4 is 10.5 Å².